The Hall–Kier alpha value is -0.510. The van der Waals surface area contributed by atoms with Crippen LogP contribution in [0.2, 0.25) is 0 Å². The van der Waals surface area contributed by atoms with E-state index in [-0.39, 0.29) is 6.10 Å². The highest BCUT2D eigenvalue weighted by Gasteiger charge is 2.24. The molecular weight excluding hydrogens is 266 g/mol. The molecule has 2 aliphatic rings. The number of hydrogen-bond acceptors (Lipinski definition) is 3. The molecule has 110 valence electrons. The second-order valence-corrected chi connectivity index (χ2v) is 7.06. The Bertz CT molecular complexity index is 429. The van der Waals surface area contributed by atoms with Crippen LogP contribution in [0.3, 0.4) is 0 Å². The third kappa shape index (κ3) is 3.38. The van der Waals surface area contributed by atoms with Crippen molar-refractivity contribution in [3.63, 3.8) is 0 Å². The zero-order valence-corrected chi connectivity index (χ0v) is 13.1. The number of ether oxygens (including phenoxy) is 1. The van der Waals surface area contributed by atoms with Crippen LogP contribution in [-0.4, -0.2) is 30.7 Å². The van der Waals surface area contributed by atoms with E-state index in [4.69, 9.17) is 4.74 Å². The van der Waals surface area contributed by atoms with E-state index in [1.165, 1.54) is 36.8 Å². The van der Waals surface area contributed by atoms with Gasteiger partial charge in [0.15, 0.2) is 0 Å². The number of rotatable bonds is 4. The third-order valence-electron chi connectivity index (χ3n) is 4.69. The largest absolute Gasteiger partial charge is 0.372 e. The number of nitrogens with one attached hydrogen (secondary N) is 1. The molecule has 1 saturated carbocycles. The Kier molecular flexibility index (Phi) is 5.03. The van der Waals surface area contributed by atoms with E-state index in [2.05, 4.69) is 35.8 Å². The van der Waals surface area contributed by atoms with Gasteiger partial charge in [0.2, 0.25) is 0 Å². The van der Waals surface area contributed by atoms with Crippen LogP contribution in [0, 0.1) is 0 Å². The molecule has 1 heterocycles. The first-order valence-corrected chi connectivity index (χ1v) is 9.11. The number of hydrogen-bond donors (Lipinski definition) is 1. The molecule has 1 N–H and O–H groups in total. The van der Waals surface area contributed by atoms with Crippen molar-refractivity contribution >= 4 is 11.8 Å². The molecule has 0 aromatic heterocycles. The number of benzene rings is 1. The number of fused-ring (bicyclic) bond motifs is 1. The van der Waals surface area contributed by atoms with Crippen LogP contribution in [0.15, 0.2) is 24.3 Å². The molecule has 0 spiro atoms. The van der Waals surface area contributed by atoms with Crippen molar-refractivity contribution in [3.8, 4) is 0 Å². The highest BCUT2D eigenvalue weighted by atomic mass is 32.2. The lowest BCUT2D eigenvalue weighted by Crippen LogP contribution is -2.37. The van der Waals surface area contributed by atoms with Gasteiger partial charge in [-0.1, -0.05) is 24.3 Å². The SMILES string of the molecule is CSC1CCC(NCC2OCCc3ccccc32)CC1. The summed E-state index contributed by atoms with van der Waals surface area (Å²) in [7, 11) is 0. The maximum Gasteiger partial charge on any atom is 0.0952 e. The summed E-state index contributed by atoms with van der Waals surface area (Å²) >= 11 is 2.03. The fraction of sp³-hybridized carbons (Fsp3) is 0.647. The van der Waals surface area contributed by atoms with E-state index in [9.17, 15) is 0 Å². The van der Waals surface area contributed by atoms with Gasteiger partial charge >= 0.3 is 0 Å². The first-order chi connectivity index (χ1) is 9.86. The van der Waals surface area contributed by atoms with Crippen molar-refractivity contribution in [1.29, 1.82) is 0 Å². The van der Waals surface area contributed by atoms with Gasteiger partial charge in [-0.15, -0.1) is 0 Å². The predicted molar refractivity (Wildman–Crippen MR) is 86.4 cm³/mol. The second kappa shape index (κ2) is 6.97. The molecule has 3 heteroatoms. The zero-order chi connectivity index (χ0) is 13.8. The summed E-state index contributed by atoms with van der Waals surface area (Å²) in [5.41, 5.74) is 2.86. The Balaban J connectivity index is 1.52. The van der Waals surface area contributed by atoms with Gasteiger partial charge in [-0.3, -0.25) is 0 Å². The average Bonchev–Trinajstić information content (AvgIpc) is 2.53. The summed E-state index contributed by atoms with van der Waals surface area (Å²) in [6.45, 7) is 1.83. The Morgan fingerprint density at radius 1 is 1.20 bits per heavy atom. The quantitative estimate of drug-likeness (QED) is 0.916. The highest BCUT2D eigenvalue weighted by Crippen LogP contribution is 2.29. The average molecular weight is 291 g/mol. The minimum Gasteiger partial charge on any atom is -0.372 e. The van der Waals surface area contributed by atoms with Crippen molar-refractivity contribution in [1.82, 2.24) is 5.32 Å². The molecule has 3 rings (SSSR count). The van der Waals surface area contributed by atoms with E-state index in [1.807, 2.05) is 11.8 Å². The van der Waals surface area contributed by atoms with E-state index >= 15 is 0 Å². The maximum absolute atomic E-state index is 5.97. The number of thioether (sulfide) groups is 1. The fourth-order valence-corrected chi connectivity index (χ4v) is 4.17. The van der Waals surface area contributed by atoms with Crippen LogP contribution >= 0.6 is 11.8 Å². The fourth-order valence-electron chi connectivity index (χ4n) is 3.42. The van der Waals surface area contributed by atoms with Gasteiger partial charge < -0.3 is 10.1 Å². The highest BCUT2D eigenvalue weighted by molar-refractivity contribution is 7.99. The van der Waals surface area contributed by atoms with Gasteiger partial charge in [0.05, 0.1) is 12.7 Å². The molecule has 0 radical (unpaired) electrons. The molecule has 0 saturated heterocycles. The van der Waals surface area contributed by atoms with Gasteiger partial charge in [0, 0.05) is 17.8 Å². The summed E-state index contributed by atoms with van der Waals surface area (Å²) in [6.07, 6.45) is 8.91. The first-order valence-electron chi connectivity index (χ1n) is 7.82. The zero-order valence-electron chi connectivity index (χ0n) is 12.3. The lowest BCUT2D eigenvalue weighted by molar-refractivity contribution is 0.0398. The summed E-state index contributed by atoms with van der Waals surface area (Å²) in [4.78, 5) is 0. The smallest absolute Gasteiger partial charge is 0.0952 e. The topological polar surface area (TPSA) is 21.3 Å². The van der Waals surface area contributed by atoms with E-state index in [0.29, 0.717) is 6.04 Å². The van der Waals surface area contributed by atoms with Gasteiger partial charge in [-0.05, 0) is 49.5 Å². The van der Waals surface area contributed by atoms with Crippen LogP contribution in [0.25, 0.3) is 0 Å². The standard InChI is InChI=1S/C17H25NOS/c1-20-15-8-6-14(7-9-15)18-12-17-16-5-3-2-4-13(16)10-11-19-17/h2-5,14-15,17-18H,6-12H2,1H3. The minimum absolute atomic E-state index is 0.248. The lowest BCUT2D eigenvalue weighted by atomic mass is 9.94. The molecule has 2 nitrogen and oxygen atoms in total. The second-order valence-electron chi connectivity index (χ2n) is 5.93. The molecule has 1 fully saturated rings. The van der Waals surface area contributed by atoms with Gasteiger partial charge in [-0.2, -0.15) is 11.8 Å². The molecule has 1 unspecified atom stereocenters. The van der Waals surface area contributed by atoms with Gasteiger partial charge in [-0.25, -0.2) is 0 Å². The molecule has 1 aromatic rings. The molecule has 1 aromatic carbocycles. The Morgan fingerprint density at radius 3 is 2.80 bits per heavy atom. The monoisotopic (exact) mass is 291 g/mol. The van der Waals surface area contributed by atoms with Crippen molar-refractivity contribution in [3.05, 3.63) is 35.4 Å². The summed E-state index contributed by atoms with van der Waals surface area (Å²) < 4.78 is 5.97. The lowest BCUT2D eigenvalue weighted by Gasteiger charge is -2.31. The molecule has 0 amide bonds. The van der Waals surface area contributed by atoms with Crippen LogP contribution in [0.4, 0.5) is 0 Å². The Morgan fingerprint density at radius 2 is 2.00 bits per heavy atom. The summed E-state index contributed by atoms with van der Waals surface area (Å²) in [5.74, 6) is 0. The van der Waals surface area contributed by atoms with Crippen molar-refractivity contribution in [2.75, 3.05) is 19.4 Å². The van der Waals surface area contributed by atoms with E-state index in [1.54, 1.807) is 0 Å². The van der Waals surface area contributed by atoms with Gasteiger partial charge in [0.25, 0.3) is 0 Å². The first kappa shape index (κ1) is 14.4. The molecule has 1 atom stereocenters. The minimum atomic E-state index is 0.248. The molecule has 20 heavy (non-hydrogen) atoms. The van der Waals surface area contributed by atoms with Crippen LogP contribution in [0.1, 0.15) is 42.9 Å². The normalized spacial score (nSPS) is 29.9. The summed E-state index contributed by atoms with van der Waals surface area (Å²) in [5, 5.41) is 4.63. The molecule has 1 aliphatic heterocycles. The maximum atomic E-state index is 5.97. The Labute approximate surface area is 126 Å². The molecule has 1 aliphatic carbocycles. The van der Waals surface area contributed by atoms with Crippen LogP contribution < -0.4 is 5.32 Å². The molecular formula is C17H25NOS. The summed E-state index contributed by atoms with van der Waals surface area (Å²) in [6, 6.07) is 9.43. The predicted octanol–water partition coefficient (Wildman–Crippen LogP) is 3.56. The van der Waals surface area contributed by atoms with E-state index < -0.39 is 0 Å². The van der Waals surface area contributed by atoms with Crippen molar-refractivity contribution in [2.24, 2.45) is 0 Å². The third-order valence-corrected chi connectivity index (χ3v) is 5.83. The van der Waals surface area contributed by atoms with Crippen LogP contribution in [0.5, 0.6) is 0 Å². The van der Waals surface area contributed by atoms with E-state index in [0.717, 1.165) is 24.8 Å². The van der Waals surface area contributed by atoms with Crippen molar-refractivity contribution < 1.29 is 4.74 Å². The van der Waals surface area contributed by atoms with Crippen LogP contribution in [-0.2, 0) is 11.2 Å². The van der Waals surface area contributed by atoms with Crippen molar-refractivity contribution in [2.45, 2.75) is 49.5 Å². The van der Waals surface area contributed by atoms with Gasteiger partial charge in [0.1, 0.15) is 0 Å². The molecule has 0 bridgehead atoms.